The number of nitrogens with two attached hydrogens (primary N) is 1. The normalized spacial score (nSPS) is 10.8. The van der Waals surface area contributed by atoms with Crippen LogP contribution in [-0.4, -0.2) is 21.1 Å². The Morgan fingerprint density at radius 1 is 1.47 bits per heavy atom. The summed E-state index contributed by atoms with van der Waals surface area (Å²) in [4.78, 5) is 16.7. The van der Waals surface area contributed by atoms with Crippen LogP contribution >= 0.6 is 11.3 Å². The number of benzene rings is 1. The number of amides is 1. The molecular weight excluding hydrogens is 262 g/mol. The van der Waals surface area contributed by atoms with Crippen LogP contribution in [0.1, 0.15) is 15.4 Å². The van der Waals surface area contributed by atoms with Gasteiger partial charge in [-0.15, -0.1) is 0 Å². The SMILES string of the molecule is Cc1nc(N)sc1C(=O)Nc1cccc2cn[nH]c12. The quantitative estimate of drug-likeness (QED) is 0.666. The van der Waals surface area contributed by atoms with Crippen molar-refractivity contribution in [2.24, 2.45) is 0 Å². The van der Waals surface area contributed by atoms with Gasteiger partial charge in [0.2, 0.25) is 0 Å². The fourth-order valence-corrected chi connectivity index (χ4v) is 2.61. The molecule has 3 aromatic rings. The van der Waals surface area contributed by atoms with Crippen molar-refractivity contribution >= 4 is 39.0 Å². The van der Waals surface area contributed by atoms with Crippen molar-refractivity contribution in [3.05, 3.63) is 35.0 Å². The number of fused-ring (bicyclic) bond motifs is 1. The fraction of sp³-hybridized carbons (Fsp3) is 0.0833. The van der Waals surface area contributed by atoms with Gasteiger partial charge in [0.05, 0.1) is 23.1 Å². The number of para-hydroxylation sites is 1. The van der Waals surface area contributed by atoms with E-state index >= 15 is 0 Å². The Bertz CT molecular complexity index is 760. The molecule has 96 valence electrons. The third-order valence-corrected chi connectivity index (χ3v) is 3.73. The lowest BCUT2D eigenvalue weighted by atomic mass is 10.2. The minimum atomic E-state index is -0.214. The van der Waals surface area contributed by atoms with Crippen LogP contribution in [0.3, 0.4) is 0 Å². The maximum Gasteiger partial charge on any atom is 0.267 e. The average molecular weight is 273 g/mol. The number of nitrogen functional groups attached to an aromatic ring is 1. The summed E-state index contributed by atoms with van der Waals surface area (Å²) in [6, 6.07) is 5.60. The van der Waals surface area contributed by atoms with Crippen molar-refractivity contribution in [3.63, 3.8) is 0 Å². The van der Waals surface area contributed by atoms with Gasteiger partial charge in [-0.3, -0.25) is 9.89 Å². The number of H-pyrrole nitrogens is 1. The van der Waals surface area contributed by atoms with Crippen LogP contribution < -0.4 is 11.1 Å². The molecule has 2 aromatic heterocycles. The Hall–Kier alpha value is -2.41. The summed E-state index contributed by atoms with van der Waals surface area (Å²) in [5.41, 5.74) is 7.72. The second-order valence-corrected chi connectivity index (χ2v) is 5.09. The number of nitrogens with one attached hydrogen (secondary N) is 2. The van der Waals surface area contributed by atoms with Crippen LogP contribution in [0.5, 0.6) is 0 Å². The molecule has 1 aromatic carbocycles. The minimum absolute atomic E-state index is 0.214. The van der Waals surface area contributed by atoms with Gasteiger partial charge in [0.1, 0.15) is 4.88 Å². The summed E-state index contributed by atoms with van der Waals surface area (Å²) in [6.45, 7) is 1.76. The van der Waals surface area contributed by atoms with E-state index in [2.05, 4.69) is 20.5 Å². The molecule has 4 N–H and O–H groups in total. The second-order valence-electron chi connectivity index (χ2n) is 4.06. The highest BCUT2D eigenvalue weighted by Gasteiger charge is 2.15. The lowest BCUT2D eigenvalue weighted by Gasteiger charge is -2.04. The molecule has 0 aliphatic heterocycles. The Labute approximate surface area is 112 Å². The molecule has 0 aliphatic carbocycles. The number of carbonyl (C=O) groups is 1. The topological polar surface area (TPSA) is 96.7 Å². The first-order valence-electron chi connectivity index (χ1n) is 5.61. The highest BCUT2D eigenvalue weighted by Crippen LogP contribution is 2.24. The standard InChI is InChI=1S/C12H11N5OS/c1-6-10(19-12(13)15-6)11(18)16-8-4-2-3-7-5-14-17-9(7)8/h2-5H,1H3,(H2,13,15)(H,14,17)(H,16,18). The first-order chi connectivity index (χ1) is 9.15. The van der Waals surface area contributed by atoms with Crippen LogP contribution in [0.25, 0.3) is 10.9 Å². The molecule has 0 aliphatic rings. The molecule has 6 nitrogen and oxygen atoms in total. The Morgan fingerprint density at radius 3 is 3.05 bits per heavy atom. The molecular formula is C12H11N5OS. The van der Waals surface area contributed by atoms with E-state index in [0.717, 1.165) is 10.9 Å². The van der Waals surface area contributed by atoms with Crippen LogP contribution in [0.4, 0.5) is 10.8 Å². The maximum absolute atomic E-state index is 12.2. The van der Waals surface area contributed by atoms with E-state index in [1.165, 1.54) is 11.3 Å². The maximum atomic E-state index is 12.2. The van der Waals surface area contributed by atoms with Crippen molar-refractivity contribution in [3.8, 4) is 0 Å². The summed E-state index contributed by atoms with van der Waals surface area (Å²) in [6.07, 6.45) is 1.71. The molecule has 0 atom stereocenters. The summed E-state index contributed by atoms with van der Waals surface area (Å²) < 4.78 is 0. The predicted molar refractivity (Wildman–Crippen MR) is 75.3 cm³/mol. The second kappa shape index (κ2) is 4.36. The highest BCUT2D eigenvalue weighted by molar-refractivity contribution is 7.17. The molecule has 0 bridgehead atoms. The molecule has 0 saturated heterocycles. The third-order valence-electron chi connectivity index (χ3n) is 2.74. The molecule has 0 saturated carbocycles. The van der Waals surface area contributed by atoms with Gasteiger partial charge in [0.25, 0.3) is 5.91 Å². The number of hydrogen-bond acceptors (Lipinski definition) is 5. The van der Waals surface area contributed by atoms with Gasteiger partial charge >= 0.3 is 0 Å². The van der Waals surface area contributed by atoms with E-state index in [9.17, 15) is 4.79 Å². The van der Waals surface area contributed by atoms with Crippen LogP contribution in [-0.2, 0) is 0 Å². The summed E-state index contributed by atoms with van der Waals surface area (Å²) in [5, 5.41) is 11.0. The average Bonchev–Trinajstić information content (AvgIpc) is 2.96. The van der Waals surface area contributed by atoms with Crippen molar-refractivity contribution in [2.75, 3.05) is 11.1 Å². The Balaban J connectivity index is 1.95. The number of hydrogen-bond donors (Lipinski definition) is 3. The number of aromatic nitrogens is 3. The zero-order valence-electron chi connectivity index (χ0n) is 10.1. The Kier molecular flexibility index (Phi) is 2.68. The van der Waals surface area contributed by atoms with E-state index in [1.54, 1.807) is 13.1 Å². The van der Waals surface area contributed by atoms with E-state index < -0.39 is 0 Å². The number of rotatable bonds is 2. The molecule has 0 fully saturated rings. The number of aryl methyl sites for hydroxylation is 1. The largest absolute Gasteiger partial charge is 0.375 e. The van der Waals surface area contributed by atoms with Gasteiger partial charge in [0, 0.05) is 5.39 Å². The molecule has 7 heteroatoms. The van der Waals surface area contributed by atoms with Crippen molar-refractivity contribution in [1.29, 1.82) is 0 Å². The van der Waals surface area contributed by atoms with Gasteiger partial charge < -0.3 is 11.1 Å². The van der Waals surface area contributed by atoms with Gasteiger partial charge in [-0.05, 0) is 13.0 Å². The fourth-order valence-electron chi connectivity index (χ4n) is 1.88. The van der Waals surface area contributed by atoms with Crippen LogP contribution in [0, 0.1) is 6.92 Å². The van der Waals surface area contributed by atoms with E-state index in [0.29, 0.717) is 21.4 Å². The predicted octanol–water partition coefficient (Wildman–Crippen LogP) is 2.16. The van der Waals surface area contributed by atoms with Crippen molar-refractivity contribution < 1.29 is 4.79 Å². The van der Waals surface area contributed by atoms with Gasteiger partial charge in [-0.2, -0.15) is 5.10 Å². The molecule has 3 rings (SSSR count). The summed E-state index contributed by atoms with van der Waals surface area (Å²) >= 11 is 1.18. The van der Waals surface area contributed by atoms with Crippen LogP contribution in [0.2, 0.25) is 0 Å². The first-order valence-corrected chi connectivity index (χ1v) is 6.43. The number of carbonyl (C=O) groups excluding carboxylic acids is 1. The smallest absolute Gasteiger partial charge is 0.267 e. The monoisotopic (exact) mass is 273 g/mol. The van der Waals surface area contributed by atoms with E-state index in [1.807, 2.05) is 18.2 Å². The zero-order chi connectivity index (χ0) is 13.4. The molecule has 19 heavy (non-hydrogen) atoms. The molecule has 0 unspecified atom stereocenters. The molecule has 2 heterocycles. The van der Waals surface area contributed by atoms with Crippen LogP contribution in [0.15, 0.2) is 24.4 Å². The number of nitrogens with zero attached hydrogens (tertiary/aromatic N) is 2. The first kappa shape index (κ1) is 11.7. The lowest BCUT2D eigenvalue weighted by Crippen LogP contribution is -2.11. The van der Waals surface area contributed by atoms with Crippen molar-refractivity contribution in [2.45, 2.75) is 6.92 Å². The highest BCUT2D eigenvalue weighted by atomic mass is 32.1. The third kappa shape index (κ3) is 2.04. The zero-order valence-corrected chi connectivity index (χ0v) is 10.9. The van der Waals surface area contributed by atoms with Gasteiger partial charge in [-0.25, -0.2) is 4.98 Å². The lowest BCUT2D eigenvalue weighted by molar-refractivity contribution is 0.103. The van der Waals surface area contributed by atoms with Gasteiger partial charge in [-0.1, -0.05) is 23.5 Å². The number of anilines is 2. The molecule has 1 amide bonds. The number of thiazole rings is 1. The molecule has 0 radical (unpaired) electrons. The Morgan fingerprint density at radius 2 is 2.32 bits per heavy atom. The van der Waals surface area contributed by atoms with E-state index in [4.69, 9.17) is 5.73 Å². The van der Waals surface area contributed by atoms with Crippen molar-refractivity contribution in [1.82, 2.24) is 15.2 Å². The van der Waals surface area contributed by atoms with Gasteiger partial charge in [0.15, 0.2) is 5.13 Å². The summed E-state index contributed by atoms with van der Waals surface area (Å²) in [7, 11) is 0. The van der Waals surface area contributed by atoms with E-state index in [-0.39, 0.29) is 5.91 Å². The minimum Gasteiger partial charge on any atom is -0.375 e. The number of aromatic amines is 1. The summed E-state index contributed by atoms with van der Waals surface area (Å²) in [5.74, 6) is -0.214. The molecule has 0 spiro atoms.